The molecule has 0 saturated carbocycles. The van der Waals surface area contributed by atoms with E-state index in [1.807, 2.05) is 25.2 Å². The van der Waals surface area contributed by atoms with Gasteiger partial charge in [0.15, 0.2) is 0 Å². The lowest BCUT2D eigenvalue weighted by molar-refractivity contribution is -0.115. The molecular formula is C10H11NO. The smallest absolute Gasteiger partial charge is 0.255 e. The van der Waals surface area contributed by atoms with Crippen molar-refractivity contribution >= 4 is 5.91 Å². The van der Waals surface area contributed by atoms with Gasteiger partial charge in [0.1, 0.15) is 0 Å². The Hall–Kier alpha value is -1.57. The zero-order chi connectivity index (χ0) is 9.14. The van der Waals surface area contributed by atoms with Gasteiger partial charge in [-0.2, -0.15) is 0 Å². The molecule has 1 N–H and O–H groups in total. The van der Waals surface area contributed by atoms with Crippen molar-refractivity contribution in [2.75, 3.05) is 0 Å². The van der Waals surface area contributed by atoms with Gasteiger partial charge in [0.05, 0.1) is 0 Å². The van der Waals surface area contributed by atoms with Crippen molar-refractivity contribution in [1.29, 1.82) is 0 Å². The molecular weight excluding hydrogens is 150 g/mol. The van der Waals surface area contributed by atoms with E-state index in [4.69, 9.17) is 0 Å². The van der Waals surface area contributed by atoms with Gasteiger partial charge in [0, 0.05) is 16.8 Å². The Morgan fingerprint density at radius 3 is 2.50 bits per heavy atom. The Bertz CT molecular complexity index is 308. The summed E-state index contributed by atoms with van der Waals surface area (Å²) in [5, 5.41) is 2.59. The Morgan fingerprint density at radius 2 is 2.08 bits per heavy atom. The second kappa shape index (κ2) is 3.22. The summed E-state index contributed by atoms with van der Waals surface area (Å²) in [6, 6.07) is 0. The van der Waals surface area contributed by atoms with E-state index in [-0.39, 0.29) is 5.91 Å². The molecule has 2 nitrogen and oxygen atoms in total. The SMILES string of the molecule is C=C1NC(=O)C(=C)/C1=C\C=C/C. The topological polar surface area (TPSA) is 29.1 Å². The molecule has 1 aliphatic heterocycles. The van der Waals surface area contributed by atoms with E-state index in [0.29, 0.717) is 11.3 Å². The summed E-state index contributed by atoms with van der Waals surface area (Å²) in [5.41, 5.74) is 1.90. The van der Waals surface area contributed by atoms with Crippen LogP contribution in [-0.2, 0) is 4.79 Å². The van der Waals surface area contributed by atoms with Gasteiger partial charge in [-0.05, 0) is 6.92 Å². The zero-order valence-electron chi connectivity index (χ0n) is 7.05. The second-order valence-electron chi connectivity index (χ2n) is 2.52. The summed E-state index contributed by atoms with van der Waals surface area (Å²) in [6.45, 7) is 9.25. The van der Waals surface area contributed by atoms with Gasteiger partial charge in [0.25, 0.3) is 5.91 Å². The minimum Gasteiger partial charge on any atom is -0.322 e. The molecule has 12 heavy (non-hydrogen) atoms. The largest absolute Gasteiger partial charge is 0.322 e. The maximum atomic E-state index is 11.0. The van der Waals surface area contributed by atoms with E-state index in [1.54, 1.807) is 0 Å². The number of nitrogens with one attached hydrogen (secondary N) is 1. The summed E-state index contributed by atoms with van der Waals surface area (Å²) < 4.78 is 0. The number of allylic oxidation sites excluding steroid dienone is 4. The highest BCUT2D eigenvalue weighted by Gasteiger charge is 2.22. The molecule has 1 fully saturated rings. The van der Waals surface area contributed by atoms with Gasteiger partial charge in [-0.3, -0.25) is 4.79 Å². The average molecular weight is 161 g/mol. The molecule has 0 aliphatic carbocycles. The normalized spacial score (nSPS) is 21.1. The molecule has 2 heteroatoms. The third kappa shape index (κ3) is 1.37. The number of hydrogen-bond donors (Lipinski definition) is 1. The van der Waals surface area contributed by atoms with Crippen molar-refractivity contribution in [3.63, 3.8) is 0 Å². The predicted octanol–water partition coefficient (Wildman–Crippen LogP) is 1.69. The first-order chi connectivity index (χ1) is 5.66. The Kier molecular flexibility index (Phi) is 2.29. The monoisotopic (exact) mass is 161 g/mol. The molecule has 0 aromatic rings. The van der Waals surface area contributed by atoms with E-state index >= 15 is 0 Å². The summed E-state index contributed by atoms with van der Waals surface area (Å²) in [6.07, 6.45) is 5.56. The quantitative estimate of drug-likeness (QED) is 0.582. The fourth-order valence-electron chi connectivity index (χ4n) is 0.978. The summed E-state index contributed by atoms with van der Waals surface area (Å²) in [5.74, 6) is -0.157. The summed E-state index contributed by atoms with van der Waals surface area (Å²) in [4.78, 5) is 11.0. The van der Waals surface area contributed by atoms with Crippen LogP contribution in [-0.4, -0.2) is 5.91 Å². The lowest BCUT2D eigenvalue weighted by atomic mass is 10.1. The van der Waals surface area contributed by atoms with Gasteiger partial charge in [-0.25, -0.2) is 0 Å². The molecule has 0 spiro atoms. The molecule has 0 aromatic heterocycles. The highest BCUT2D eigenvalue weighted by molar-refractivity contribution is 6.04. The molecule has 0 aromatic carbocycles. The molecule has 62 valence electrons. The summed E-state index contributed by atoms with van der Waals surface area (Å²) >= 11 is 0. The van der Waals surface area contributed by atoms with E-state index in [2.05, 4.69) is 18.5 Å². The standard InChI is InChI=1S/C10H11NO/c1-4-5-6-9-7(2)10(12)11-8(9)3/h4-6H,2-3H2,1H3,(H,11,12)/b5-4-,9-6+. The first-order valence-electron chi connectivity index (χ1n) is 3.69. The van der Waals surface area contributed by atoms with E-state index in [9.17, 15) is 4.79 Å². The average Bonchev–Trinajstić information content (AvgIpc) is 2.25. The highest BCUT2D eigenvalue weighted by atomic mass is 16.2. The highest BCUT2D eigenvalue weighted by Crippen LogP contribution is 2.21. The Labute approximate surface area is 72.0 Å². The van der Waals surface area contributed by atoms with Crippen molar-refractivity contribution in [3.05, 3.63) is 48.2 Å². The molecule has 0 unspecified atom stereocenters. The number of carbonyl (C=O) groups is 1. The van der Waals surface area contributed by atoms with Gasteiger partial charge in [0.2, 0.25) is 0 Å². The van der Waals surface area contributed by atoms with Crippen LogP contribution in [0, 0.1) is 0 Å². The maximum Gasteiger partial charge on any atom is 0.255 e. The molecule has 1 heterocycles. The van der Waals surface area contributed by atoms with Crippen LogP contribution in [0.1, 0.15) is 6.92 Å². The zero-order valence-corrected chi connectivity index (χ0v) is 7.05. The second-order valence-corrected chi connectivity index (χ2v) is 2.52. The Morgan fingerprint density at radius 1 is 1.42 bits per heavy atom. The van der Waals surface area contributed by atoms with Gasteiger partial charge in [-0.1, -0.05) is 31.4 Å². The van der Waals surface area contributed by atoms with Crippen LogP contribution < -0.4 is 5.32 Å². The van der Waals surface area contributed by atoms with Crippen molar-refractivity contribution in [3.8, 4) is 0 Å². The van der Waals surface area contributed by atoms with Crippen LogP contribution in [0.25, 0.3) is 0 Å². The van der Waals surface area contributed by atoms with Crippen LogP contribution in [0.5, 0.6) is 0 Å². The fourth-order valence-corrected chi connectivity index (χ4v) is 0.978. The van der Waals surface area contributed by atoms with E-state index < -0.39 is 0 Å². The van der Waals surface area contributed by atoms with Crippen molar-refractivity contribution in [1.82, 2.24) is 5.32 Å². The first kappa shape index (κ1) is 8.53. The number of amides is 1. The minimum atomic E-state index is -0.157. The third-order valence-corrected chi connectivity index (χ3v) is 1.64. The van der Waals surface area contributed by atoms with Gasteiger partial charge >= 0.3 is 0 Å². The molecule has 0 atom stereocenters. The van der Waals surface area contributed by atoms with E-state index in [0.717, 1.165) is 5.57 Å². The van der Waals surface area contributed by atoms with Crippen LogP contribution >= 0.6 is 0 Å². The molecule has 0 bridgehead atoms. The minimum absolute atomic E-state index is 0.157. The first-order valence-corrected chi connectivity index (χ1v) is 3.69. The van der Waals surface area contributed by atoms with Crippen LogP contribution in [0.2, 0.25) is 0 Å². The van der Waals surface area contributed by atoms with Crippen molar-refractivity contribution in [2.24, 2.45) is 0 Å². The molecule has 1 rings (SSSR count). The predicted molar refractivity (Wildman–Crippen MR) is 49.3 cm³/mol. The van der Waals surface area contributed by atoms with Crippen molar-refractivity contribution in [2.45, 2.75) is 6.92 Å². The van der Waals surface area contributed by atoms with Crippen LogP contribution in [0.15, 0.2) is 48.2 Å². The van der Waals surface area contributed by atoms with Crippen LogP contribution in [0.3, 0.4) is 0 Å². The van der Waals surface area contributed by atoms with Gasteiger partial charge in [-0.15, -0.1) is 0 Å². The molecule has 1 amide bonds. The lowest BCUT2D eigenvalue weighted by Gasteiger charge is -1.93. The van der Waals surface area contributed by atoms with Crippen molar-refractivity contribution < 1.29 is 4.79 Å². The van der Waals surface area contributed by atoms with Crippen LogP contribution in [0.4, 0.5) is 0 Å². The molecule has 1 saturated heterocycles. The van der Waals surface area contributed by atoms with E-state index in [1.165, 1.54) is 0 Å². The van der Waals surface area contributed by atoms with Gasteiger partial charge < -0.3 is 5.32 Å². The lowest BCUT2D eigenvalue weighted by Crippen LogP contribution is -2.11. The fraction of sp³-hybridized carbons (Fsp3) is 0.100. The summed E-state index contributed by atoms with van der Waals surface area (Å²) in [7, 11) is 0. The third-order valence-electron chi connectivity index (χ3n) is 1.64. The molecule has 0 radical (unpaired) electrons. The molecule has 1 aliphatic rings. The number of rotatable bonds is 1. The number of carbonyl (C=O) groups excluding carboxylic acids is 1. The maximum absolute atomic E-state index is 11.0. The number of hydrogen-bond acceptors (Lipinski definition) is 1. The Balaban J connectivity index is 2.98.